The zero-order valence-electron chi connectivity index (χ0n) is 6.53. The maximum absolute atomic E-state index is 10.8. The second-order valence-electron chi connectivity index (χ2n) is 2.85. The van der Waals surface area contributed by atoms with Crippen LogP contribution < -0.4 is 11.1 Å². The summed E-state index contributed by atoms with van der Waals surface area (Å²) < 4.78 is 19.8. The Morgan fingerprint density at radius 1 is 1.83 bits per heavy atom. The molecule has 1 rings (SSSR count). The fourth-order valence-corrected chi connectivity index (χ4v) is 2.63. The molecule has 0 amide bonds. The number of nitrogens with one attached hydrogen (secondary N) is 1. The Morgan fingerprint density at radius 2 is 2.50 bits per heavy atom. The molecule has 1 aliphatic rings. The molecule has 0 aliphatic carbocycles. The molecule has 6 heteroatoms. The van der Waals surface area contributed by atoms with Crippen LogP contribution in [0.3, 0.4) is 0 Å². The quantitative estimate of drug-likeness (QED) is 0.429. The van der Waals surface area contributed by atoms with Crippen molar-refractivity contribution in [3.8, 4) is 0 Å². The molecule has 0 aromatic carbocycles. The summed E-state index contributed by atoms with van der Waals surface area (Å²) in [6, 6.07) is 0. The van der Waals surface area contributed by atoms with E-state index in [0.717, 1.165) is 19.5 Å². The molecule has 0 spiro atoms. The summed E-state index contributed by atoms with van der Waals surface area (Å²) in [5.41, 5.74) is 5.37. The molecule has 1 fully saturated rings. The third-order valence-corrected chi connectivity index (χ3v) is 3.50. The summed E-state index contributed by atoms with van der Waals surface area (Å²) >= 11 is 2.80. The van der Waals surface area contributed by atoms with Gasteiger partial charge in [-0.2, -0.15) is 0 Å². The molecule has 12 heavy (non-hydrogen) atoms. The standard InChI is InChI=1S/C6H12N2O2S2/c7-6(11)5(12(9)10)4-1-2-8-3-4/h4-5,8H,1-3H2,(H2,7,11)(H,9,10). The van der Waals surface area contributed by atoms with E-state index in [-0.39, 0.29) is 10.9 Å². The highest BCUT2D eigenvalue weighted by atomic mass is 32.2. The molecule has 0 aromatic rings. The van der Waals surface area contributed by atoms with Crippen LogP contribution in [0, 0.1) is 5.92 Å². The van der Waals surface area contributed by atoms with Crippen LogP contribution in [0.4, 0.5) is 0 Å². The van der Waals surface area contributed by atoms with Crippen LogP contribution in [0.15, 0.2) is 0 Å². The summed E-state index contributed by atoms with van der Waals surface area (Å²) in [6.07, 6.45) is 0.869. The Bertz CT molecular complexity index is 190. The van der Waals surface area contributed by atoms with Crippen molar-refractivity contribution in [1.82, 2.24) is 5.32 Å². The lowest BCUT2D eigenvalue weighted by Gasteiger charge is -2.17. The highest BCUT2D eigenvalue weighted by molar-refractivity contribution is 7.86. The summed E-state index contributed by atoms with van der Waals surface area (Å²) in [5, 5.41) is 2.56. The first-order valence-electron chi connectivity index (χ1n) is 3.72. The minimum Gasteiger partial charge on any atom is -0.392 e. The fraction of sp³-hybridized carbons (Fsp3) is 0.833. The van der Waals surface area contributed by atoms with Gasteiger partial charge >= 0.3 is 0 Å². The van der Waals surface area contributed by atoms with E-state index >= 15 is 0 Å². The van der Waals surface area contributed by atoms with Gasteiger partial charge < -0.3 is 15.6 Å². The molecule has 3 atom stereocenters. The maximum Gasteiger partial charge on any atom is 0.163 e. The Hall–Kier alpha value is -0.0400. The van der Waals surface area contributed by atoms with E-state index in [1.165, 1.54) is 0 Å². The summed E-state index contributed by atoms with van der Waals surface area (Å²) in [4.78, 5) is 0.143. The molecule has 1 aliphatic heterocycles. The van der Waals surface area contributed by atoms with Gasteiger partial charge in [0.1, 0.15) is 5.25 Å². The smallest absolute Gasteiger partial charge is 0.163 e. The zero-order chi connectivity index (χ0) is 9.14. The lowest BCUT2D eigenvalue weighted by molar-refractivity contribution is 0.525. The average molecular weight is 208 g/mol. The average Bonchev–Trinajstić information content (AvgIpc) is 2.37. The van der Waals surface area contributed by atoms with Crippen LogP contribution >= 0.6 is 12.2 Å². The van der Waals surface area contributed by atoms with E-state index in [1.54, 1.807) is 0 Å². The van der Waals surface area contributed by atoms with Crippen molar-refractivity contribution < 1.29 is 8.76 Å². The molecule has 0 aromatic heterocycles. The summed E-state index contributed by atoms with van der Waals surface area (Å²) in [5.74, 6) is 0.119. The highest BCUT2D eigenvalue weighted by Gasteiger charge is 2.31. The Morgan fingerprint density at radius 3 is 2.83 bits per heavy atom. The lowest BCUT2D eigenvalue weighted by Crippen LogP contribution is -2.38. The van der Waals surface area contributed by atoms with Crippen molar-refractivity contribution in [1.29, 1.82) is 0 Å². The van der Waals surface area contributed by atoms with Crippen molar-refractivity contribution >= 4 is 28.3 Å². The molecule has 4 N–H and O–H groups in total. The maximum atomic E-state index is 10.8. The van der Waals surface area contributed by atoms with Crippen LogP contribution in [0.1, 0.15) is 6.42 Å². The monoisotopic (exact) mass is 208 g/mol. The zero-order valence-corrected chi connectivity index (χ0v) is 8.16. The largest absolute Gasteiger partial charge is 0.392 e. The molecule has 3 unspecified atom stereocenters. The van der Waals surface area contributed by atoms with Crippen LogP contribution in [0.2, 0.25) is 0 Å². The SMILES string of the molecule is NC(=S)C(C1CCNC1)S(=O)O. The van der Waals surface area contributed by atoms with Gasteiger partial charge in [0.2, 0.25) is 0 Å². The summed E-state index contributed by atoms with van der Waals surface area (Å²) in [7, 11) is 0. The van der Waals surface area contributed by atoms with Gasteiger partial charge in [0.25, 0.3) is 0 Å². The Labute approximate surface area is 79.2 Å². The molecule has 70 valence electrons. The third kappa shape index (κ3) is 2.22. The van der Waals surface area contributed by atoms with E-state index in [4.69, 9.17) is 22.5 Å². The van der Waals surface area contributed by atoms with E-state index in [9.17, 15) is 4.21 Å². The summed E-state index contributed by atoms with van der Waals surface area (Å²) in [6.45, 7) is 1.61. The van der Waals surface area contributed by atoms with Gasteiger partial charge in [-0.15, -0.1) is 0 Å². The van der Waals surface area contributed by atoms with Crippen molar-refractivity contribution in [2.75, 3.05) is 13.1 Å². The lowest BCUT2D eigenvalue weighted by atomic mass is 10.0. The van der Waals surface area contributed by atoms with Gasteiger partial charge in [0.15, 0.2) is 11.1 Å². The molecule has 0 bridgehead atoms. The van der Waals surface area contributed by atoms with Gasteiger partial charge in [0, 0.05) is 0 Å². The number of thiocarbonyl (C=S) groups is 1. The van der Waals surface area contributed by atoms with E-state index in [0.29, 0.717) is 0 Å². The van der Waals surface area contributed by atoms with Crippen molar-refractivity contribution in [2.24, 2.45) is 11.7 Å². The van der Waals surface area contributed by atoms with Crippen LogP contribution in [0.25, 0.3) is 0 Å². The predicted octanol–water partition coefficient (Wildman–Crippen LogP) is -0.528. The van der Waals surface area contributed by atoms with Gasteiger partial charge in [-0.05, 0) is 25.4 Å². The number of hydrogen-bond acceptors (Lipinski definition) is 3. The van der Waals surface area contributed by atoms with E-state index in [2.05, 4.69) is 5.32 Å². The van der Waals surface area contributed by atoms with Crippen molar-refractivity contribution in [3.63, 3.8) is 0 Å². The Balaban J connectivity index is 2.64. The first kappa shape index (κ1) is 10.0. The van der Waals surface area contributed by atoms with Crippen LogP contribution in [-0.4, -0.2) is 32.1 Å². The van der Waals surface area contributed by atoms with Crippen LogP contribution in [-0.2, 0) is 11.1 Å². The Kier molecular flexibility index (Phi) is 3.57. The van der Waals surface area contributed by atoms with Gasteiger partial charge in [0.05, 0.1) is 4.99 Å². The second-order valence-corrected chi connectivity index (χ2v) is 4.38. The number of rotatable bonds is 3. The molecule has 0 radical (unpaired) electrons. The highest BCUT2D eigenvalue weighted by Crippen LogP contribution is 2.17. The molecular weight excluding hydrogens is 196 g/mol. The van der Waals surface area contributed by atoms with Gasteiger partial charge in [-0.1, -0.05) is 12.2 Å². The van der Waals surface area contributed by atoms with Gasteiger partial charge in [-0.3, -0.25) is 0 Å². The molecular formula is C6H12N2O2S2. The topological polar surface area (TPSA) is 75.3 Å². The molecule has 0 saturated carbocycles. The third-order valence-electron chi connectivity index (χ3n) is 2.02. The number of hydrogen-bond donors (Lipinski definition) is 3. The normalized spacial score (nSPS) is 28.2. The van der Waals surface area contributed by atoms with Gasteiger partial charge in [-0.25, -0.2) is 4.21 Å². The molecule has 1 heterocycles. The second kappa shape index (κ2) is 4.27. The minimum absolute atomic E-state index is 0.119. The first-order valence-corrected chi connectivity index (χ1v) is 5.30. The van der Waals surface area contributed by atoms with E-state index in [1.807, 2.05) is 0 Å². The van der Waals surface area contributed by atoms with Crippen LogP contribution in [0.5, 0.6) is 0 Å². The first-order chi connectivity index (χ1) is 5.63. The number of nitrogens with two attached hydrogens (primary N) is 1. The van der Waals surface area contributed by atoms with Crippen molar-refractivity contribution in [2.45, 2.75) is 11.7 Å². The fourth-order valence-electron chi connectivity index (χ4n) is 1.43. The predicted molar refractivity (Wildman–Crippen MR) is 52.3 cm³/mol. The van der Waals surface area contributed by atoms with Crippen molar-refractivity contribution in [3.05, 3.63) is 0 Å². The molecule has 1 saturated heterocycles. The minimum atomic E-state index is -1.93. The molecule has 4 nitrogen and oxygen atoms in total. The van der Waals surface area contributed by atoms with E-state index < -0.39 is 16.3 Å².